The molecule has 2 fully saturated rings. The van der Waals surface area contributed by atoms with Gasteiger partial charge in [-0.25, -0.2) is 13.2 Å². The van der Waals surface area contributed by atoms with Gasteiger partial charge < -0.3 is 9.47 Å². The first-order valence-electron chi connectivity index (χ1n) is 11.9. The van der Waals surface area contributed by atoms with Gasteiger partial charge in [-0.1, -0.05) is 38.8 Å². The van der Waals surface area contributed by atoms with Crippen LogP contribution in [0.15, 0.2) is 12.1 Å². The Morgan fingerprint density at radius 3 is 2.33 bits per heavy atom. The van der Waals surface area contributed by atoms with Crippen LogP contribution in [0.4, 0.5) is 13.2 Å². The van der Waals surface area contributed by atoms with Gasteiger partial charge in [0.25, 0.3) is 6.43 Å². The first kappa shape index (κ1) is 23.6. The molecule has 0 spiro atoms. The van der Waals surface area contributed by atoms with E-state index < -0.39 is 23.9 Å². The standard InChI is InChI=1S/C25H37F3O2/c1-3-5-15-29-19-10-8-18(9-11-19)20-12-13-21(24(26)23(20)25(27)28)22-14-7-17(6-4-2)16-30-22/h12-13,17-19,22,25H,3-11,14-16H2,1-2H3. The van der Waals surface area contributed by atoms with Crippen molar-refractivity contribution in [3.8, 4) is 0 Å². The lowest BCUT2D eigenvalue weighted by molar-refractivity contribution is -0.0215. The zero-order valence-corrected chi connectivity index (χ0v) is 18.5. The van der Waals surface area contributed by atoms with E-state index in [-0.39, 0.29) is 12.0 Å². The molecule has 1 heterocycles. The zero-order chi connectivity index (χ0) is 21.5. The van der Waals surface area contributed by atoms with Gasteiger partial charge >= 0.3 is 0 Å². The van der Waals surface area contributed by atoms with Crippen LogP contribution < -0.4 is 0 Å². The fourth-order valence-electron chi connectivity index (χ4n) is 5.07. The molecule has 5 heteroatoms. The van der Waals surface area contributed by atoms with E-state index in [4.69, 9.17) is 9.47 Å². The summed E-state index contributed by atoms with van der Waals surface area (Å²) in [5.41, 5.74) is 0.389. The van der Waals surface area contributed by atoms with E-state index in [0.717, 1.165) is 64.4 Å². The highest BCUT2D eigenvalue weighted by Gasteiger charge is 2.32. The van der Waals surface area contributed by atoms with Crippen molar-refractivity contribution in [1.82, 2.24) is 0 Å². The summed E-state index contributed by atoms with van der Waals surface area (Å²) in [5, 5.41) is 0. The third-order valence-corrected chi connectivity index (χ3v) is 6.84. The molecule has 1 aliphatic heterocycles. The van der Waals surface area contributed by atoms with Crippen molar-refractivity contribution in [2.45, 2.75) is 103 Å². The van der Waals surface area contributed by atoms with Crippen LogP contribution >= 0.6 is 0 Å². The Labute approximate surface area is 179 Å². The highest BCUT2D eigenvalue weighted by molar-refractivity contribution is 5.38. The molecule has 2 unspecified atom stereocenters. The molecule has 170 valence electrons. The van der Waals surface area contributed by atoms with Crippen molar-refractivity contribution in [2.75, 3.05) is 13.2 Å². The molecule has 0 radical (unpaired) electrons. The third kappa shape index (κ3) is 5.79. The highest BCUT2D eigenvalue weighted by Crippen LogP contribution is 2.42. The van der Waals surface area contributed by atoms with Crippen molar-refractivity contribution in [2.24, 2.45) is 5.92 Å². The van der Waals surface area contributed by atoms with Crippen LogP contribution in [0.5, 0.6) is 0 Å². The maximum Gasteiger partial charge on any atom is 0.266 e. The summed E-state index contributed by atoms with van der Waals surface area (Å²) in [6.07, 6.45) is 6.24. The first-order chi connectivity index (χ1) is 14.5. The summed E-state index contributed by atoms with van der Waals surface area (Å²) in [5.74, 6) is -0.273. The molecule has 1 saturated carbocycles. The molecule has 30 heavy (non-hydrogen) atoms. The van der Waals surface area contributed by atoms with Gasteiger partial charge in [0.1, 0.15) is 5.82 Å². The number of hydrogen-bond donors (Lipinski definition) is 0. The monoisotopic (exact) mass is 426 g/mol. The number of rotatable bonds is 9. The topological polar surface area (TPSA) is 18.5 Å². The summed E-state index contributed by atoms with van der Waals surface area (Å²) in [6, 6.07) is 3.44. The summed E-state index contributed by atoms with van der Waals surface area (Å²) in [7, 11) is 0. The van der Waals surface area contributed by atoms with Crippen molar-refractivity contribution in [1.29, 1.82) is 0 Å². The molecule has 1 aliphatic carbocycles. The molecule has 0 aromatic heterocycles. The van der Waals surface area contributed by atoms with Crippen LogP contribution in [-0.4, -0.2) is 19.3 Å². The quantitative estimate of drug-likeness (QED) is 0.374. The number of benzene rings is 1. The smallest absolute Gasteiger partial charge is 0.266 e. The van der Waals surface area contributed by atoms with E-state index in [1.54, 1.807) is 12.1 Å². The predicted octanol–water partition coefficient (Wildman–Crippen LogP) is 7.87. The average Bonchev–Trinajstić information content (AvgIpc) is 2.75. The van der Waals surface area contributed by atoms with E-state index in [1.165, 1.54) is 0 Å². The van der Waals surface area contributed by atoms with E-state index in [0.29, 0.717) is 30.1 Å². The minimum absolute atomic E-state index is 0.0233. The second-order valence-corrected chi connectivity index (χ2v) is 9.02. The van der Waals surface area contributed by atoms with Crippen molar-refractivity contribution < 1.29 is 22.6 Å². The van der Waals surface area contributed by atoms with E-state index >= 15 is 4.39 Å². The van der Waals surface area contributed by atoms with E-state index in [1.807, 2.05) is 0 Å². The molecule has 3 rings (SSSR count). The fraction of sp³-hybridized carbons (Fsp3) is 0.760. The molecule has 0 amide bonds. The SMILES string of the molecule is CCCCOC1CCC(c2ccc(C3CCC(CCC)CO3)c(F)c2C(F)F)CC1. The number of alkyl halides is 2. The van der Waals surface area contributed by atoms with Gasteiger partial charge in [0.15, 0.2) is 0 Å². The Kier molecular flexibility index (Phi) is 9.06. The molecule has 1 aromatic rings. The Morgan fingerprint density at radius 1 is 1.00 bits per heavy atom. The number of hydrogen-bond acceptors (Lipinski definition) is 2. The van der Waals surface area contributed by atoms with Crippen molar-refractivity contribution in [3.05, 3.63) is 34.6 Å². The number of halogens is 3. The number of unbranched alkanes of at least 4 members (excludes halogenated alkanes) is 1. The van der Waals surface area contributed by atoms with Crippen LogP contribution in [0.1, 0.15) is 113 Å². The van der Waals surface area contributed by atoms with Gasteiger partial charge in [-0.3, -0.25) is 0 Å². The lowest BCUT2D eigenvalue weighted by Crippen LogP contribution is -2.23. The fourth-order valence-corrected chi connectivity index (χ4v) is 5.07. The van der Waals surface area contributed by atoms with Gasteiger partial charge in [0.05, 0.1) is 24.4 Å². The van der Waals surface area contributed by atoms with Crippen LogP contribution in [0.25, 0.3) is 0 Å². The van der Waals surface area contributed by atoms with Crippen LogP contribution in [0.3, 0.4) is 0 Å². The molecule has 0 bridgehead atoms. The zero-order valence-electron chi connectivity index (χ0n) is 18.5. The first-order valence-corrected chi connectivity index (χ1v) is 11.9. The summed E-state index contributed by atoms with van der Waals surface area (Å²) in [4.78, 5) is 0. The lowest BCUT2D eigenvalue weighted by atomic mass is 9.80. The summed E-state index contributed by atoms with van der Waals surface area (Å²) < 4.78 is 54.9. The molecular weight excluding hydrogens is 389 g/mol. The van der Waals surface area contributed by atoms with Crippen molar-refractivity contribution in [3.63, 3.8) is 0 Å². The van der Waals surface area contributed by atoms with E-state index in [9.17, 15) is 8.78 Å². The molecule has 1 aromatic carbocycles. The second-order valence-electron chi connectivity index (χ2n) is 9.02. The Balaban J connectivity index is 1.69. The maximum atomic E-state index is 15.3. The van der Waals surface area contributed by atoms with Gasteiger partial charge in [-0.2, -0.15) is 0 Å². The predicted molar refractivity (Wildman–Crippen MR) is 114 cm³/mol. The molecule has 1 saturated heterocycles. The summed E-state index contributed by atoms with van der Waals surface area (Å²) >= 11 is 0. The Hall–Kier alpha value is -1.07. The third-order valence-electron chi connectivity index (χ3n) is 6.84. The van der Waals surface area contributed by atoms with Crippen LogP contribution in [0.2, 0.25) is 0 Å². The normalized spacial score (nSPS) is 27.5. The Morgan fingerprint density at radius 2 is 1.73 bits per heavy atom. The van der Waals surface area contributed by atoms with E-state index in [2.05, 4.69) is 13.8 Å². The largest absolute Gasteiger partial charge is 0.378 e. The van der Waals surface area contributed by atoms with Gasteiger partial charge in [0, 0.05) is 12.2 Å². The maximum absolute atomic E-state index is 15.3. The minimum Gasteiger partial charge on any atom is -0.378 e. The molecule has 2 atom stereocenters. The molecule has 2 nitrogen and oxygen atoms in total. The molecule has 0 N–H and O–H groups in total. The van der Waals surface area contributed by atoms with Crippen LogP contribution in [-0.2, 0) is 9.47 Å². The average molecular weight is 427 g/mol. The van der Waals surface area contributed by atoms with Gasteiger partial charge in [-0.15, -0.1) is 0 Å². The summed E-state index contributed by atoms with van der Waals surface area (Å²) in [6.45, 7) is 5.63. The Bertz CT molecular complexity index is 648. The minimum atomic E-state index is -2.81. The molecular formula is C25H37F3O2. The van der Waals surface area contributed by atoms with Gasteiger partial charge in [-0.05, 0) is 68.8 Å². The second kappa shape index (κ2) is 11.5. The lowest BCUT2D eigenvalue weighted by Gasteiger charge is -2.32. The molecule has 2 aliphatic rings. The highest BCUT2D eigenvalue weighted by atomic mass is 19.3. The van der Waals surface area contributed by atoms with Gasteiger partial charge in [0.2, 0.25) is 0 Å². The van der Waals surface area contributed by atoms with Crippen LogP contribution in [0, 0.1) is 11.7 Å². The number of ether oxygens (including phenoxy) is 2. The van der Waals surface area contributed by atoms with Crippen molar-refractivity contribution >= 4 is 0 Å².